The quantitative estimate of drug-likeness (QED) is 0.543. The predicted molar refractivity (Wildman–Crippen MR) is 46.6 cm³/mol. The second kappa shape index (κ2) is 2.34. The minimum Gasteiger partial charge on any atom is -0.303 e. The van der Waals surface area contributed by atoms with Gasteiger partial charge in [0.1, 0.15) is 6.29 Å². The van der Waals surface area contributed by atoms with E-state index in [0.29, 0.717) is 5.92 Å². The molecule has 3 rings (SSSR count). The van der Waals surface area contributed by atoms with E-state index in [0.717, 1.165) is 23.7 Å². The Morgan fingerprint density at radius 1 is 1.00 bits per heavy atom. The lowest BCUT2D eigenvalue weighted by Gasteiger charge is -2.26. The number of carbonyl (C=O) groups excluding carboxylic acids is 1. The summed E-state index contributed by atoms with van der Waals surface area (Å²) < 4.78 is 0. The Morgan fingerprint density at radius 3 is 2.67 bits per heavy atom. The molecule has 0 heterocycles. The second-order valence-electron chi connectivity index (χ2n) is 4.95. The summed E-state index contributed by atoms with van der Waals surface area (Å²) in [4.78, 5) is 10.8. The zero-order chi connectivity index (χ0) is 8.13. The van der Waals surface area contributed by atoms with Crippen LogP contribution in [0.15, 0.2) is 0 Å². The predicted octanol–water partition coefficient (Wildman–Crippen LogP) is 2.26. The fourth-order valence-corrected chi connectivity index (χ4v) is 4.29. The highest BCUT2D eigenvalue weighted by Gasteiger charge is 2.52. The highest BCUT2D eigenvalue weighted by atomic mass is 16.1. The molecule has 5 atom stereocenters. The van der Waals surface area contributed by atoms with Crippen molar-refractivity contribution in [2.45, 2.75) is 32.1 Å². The first kappa shape index (κ1) is 7.11. The summed E-state index contributed by atoms with van der Waals surface area (Å²) >= 11 is 0. The van der Waals surface area contributed by atoms with Gasteiger partial charge in [0.25, 0.3) is 0 Å². The highest BCUT2D eigenvalue weighted by molar-refractivity contribution is 5.55. The molecule has 12 heavy (non-hydrogen) atoms. The van der Waals surface area contributed by atoms with Crippen molar-refractivity contribution in [1.82, 2.24) is 0 Å². The van der Waals surface area contributed by atoms with Crippen LogP contribution in [0.4, 0.5) is 0 Å². The third-order valence-corrected chi connectivity index (χ3v) is 4.66. The van der Waals surface area contributed by atoms with Crippen LogP contribution >= 0.6 is 0 Å². The summed E-state index contributed by atoms with van der Waals surface area (Å²) in [5.41, 5.74) is 0. The molecule has 2 bridgehead atoms. The molecule has 3 fully saturated rings. The topological polar surface area (TPSA) is 17.1 Å². The van der Waals surface area contributed by atoms with Gasteiger partial charge in [0.05, 0.1) is 0 Å². The molecule has 0 N–H and O–H groups in total. The van der Waals surface area contributed by atoms with Crippen molar-refractivity contribution in [1.29, 1.82) is 0 Å². The zero-order valence-corrected chi connectivity index (χ0v) is 7.41. The van der Waals surface area contributed by atoms with Crippen LogP contribution in [0.3, 0.4) is 0 Å². The van der Waals surface area contributed by atoms with Gasteiger partial charge in [0.2, 0.25) is 0 Å². The average molecular weight is 164 g/mol. The van der Waals surface area contributed by atoms with Crippen molar-refractivity contribution >= 4 is 6.29 Å². The van der Waals surface area contributed by atoms with Gasteiger partial charge in [-0.2, -0.15) is 0 Å². The van der Waals surface area contributed by atoms with Crippen LogP contribution in [-0.4, -0.2) is 6.29 Å². The number of aldehydes is 1. The largest absolute Gasteiger partial charge is 0.303 e. The average Bonchev–Trinajstić information content (AvgIpc) is 2.76. The van der Waals surface area contributed by atoms with Crippen molar-refractivity contribution in [3.63, 3.8) is 0 Å². The molecule has 0 amide bonds. The van der Waals surface area contributed by atoms with Gasteiger partial charge in [-0.3, -0.25) is 0 Å². The van der Waals surface area contributed by atoms with E-state index in [1.807, 2.05) is 0 Å². The Kier molecular flexibility index (Phi) is 1.38. The Hall–Kier alpha value is -0.330. The zero-order valence-electron chi connectivity index (χ0n) is 7.41. The normalized spacial score (nSPS) is 55.8. The van der Waals surface area contributed by atoms with Crippen molar-refractivity contribution in [2.24, 2.45) is 29.6 Å². The first-order chi connectivity index (χ1) is 5.90. The lowest BCUT2D eigenvalue weighted by molar-refractivity contribution is -0.112. The molecule has 1 heteroatoms. The van der Waals surface area contributed by atoms with Crippen molar-refractivity contribution in [2.75, 3.05) is 0 Å². The maximum atomic E-state index is 10.8. The van der Waals surface area contributed by atoms with Gasteiger partial charge in [-0.15, -0.1) is 0 Å². The smallest absolute Gasteiger partial charge is 0.123 e. The Morgan fingerprint density at radius 2 is 1.83 bits per heavy atom. The molecule has 66 valence electrons. The SMILES string of the molecule is O=C[C@@H]1CC[C@@H]2[C@@H]3CC[C@@H](C3)[C@@H]21. The lowest BCUT2D eigenvalue weighted by atomic mass is 9.78. The van der Waals surface area contributed by atoms with E-state index in [4.69, 9.17) is 0 Å². The van der Waals surface area contributed by atoms with E-state index >= 15 is 0 Å². The monoisotopic (exact) mass is 164 g/mol. The van der Waals surface area contributed by atoms with Gasteiger partial charge in [-0.05, 0) is 55.8 Å². The third kappa shape index (κ3) is 0.725. The van der Waals surface area contributed by atoms with E-state index in [1.165, 1.54) is 38.4 Å². The number of hydrogen-bond acceptors (Lipinski definition) is 1. The molecular weight excluding hydrogens is 148 g/mol. The van der Waals surface area contributed by atoms with Gasteiger partial charge in [0.15, 0.2) is 0 Å². The molecule has 3 aliphatic carbocycles. The summed E-state index contributed by atoms with van der Waals surface area (Å²) in [5.74, 6) is 4.19. The van der Waals surface area contributed by atoms with Crippen LogP contribution in [0.1, 0.15) is 32.1 Å². The first-order valence-corrected chi connectivity index (χ1v) is 5.35. The summed E-state index contributed by atoms with van der Waals surface area (Å²) in [6.45, 7) is 0. The first-order valence-electron chi connectivity index (χ1n) is 5.35. The van der Waals surface area contributed by atoms with Gasteiger partial charge in [0, 0.05) is 5.92 Å². The fraction of sp³-hybridized carbons (Fsp3) is 0.909. The van der Waals surface area contributed by atoms with Crippen LogP contribution in [0.25, 0.3) is 0 Å². The van der Waals surface area contributed by atoms with E-state index in [2.05, 4.69) is 0 Å². The van der Waals surface area contributed by atoms with Gasteiger partial charge in [-0.25, -0.2) is 0 Å². The molecule has 0 radical (unpaired) electrons. The van der Waals surface area contributed by atoms with Crippen molar-refractivity contribution < 1.29 is 4.79 Å². The molecule has 3 saturated carbocycles. The maximum absolute atomic E-state index is 10.8. The Balaban J connectivity index is 1.89. The molecule has 0 spiro atoms. The summed E-state index contributed by atoms with van der Waals surface area (Å²) in [5, 5.41) is 0. The molecule has 0 aromatic carbocycles. The van der Waals surface area contributed by atoms with Crippen LogP contribution in [0.5, 0.6) is 0 Å². The summed E-state index contributed by atoms with van der Waals surface area (Å²) in [6, 6.07) is 0. The van der Waals surface area contributed by atoms with Crippen molar-refractivity contribution in [3.8, 4) is 0 Å². The Bertz CT molecular complexity index is 211. The molecule has 0 aromatic rings. The van der Waals surface area contributed by atoms with E-state index < -0.39 is 0 Å². The van der Waals surface area contributed by atoms with Crippen LogP contribution in [0.2, 0.25) is 0 Å². The third-order valence-electron chi connectivity index (χ3n) is 4.66. The standard InChI is InChI=1S/C11H16O/c12-6-9-3-4-10-7-1-2-8(5-7)11(9)10/h6-11H,1-5H2/t7-,8+,9+,10-,11-/m1/s1. The van der Waals surface area contributed by atoms with Crippen molar-refractivity contribution in [3.05, 3.63) is 0 Å². The number of carbonyl (C=O) groups is 1. The van der Waals surface area contributed by atoms with Crippen LogP contribution < -0.4 is 0 Å². The summed E-state index contributed by atoms with van der Waals surface area (Å²) in [6.07, 6.45) is 8.15. The van der Waals surface area contributed by atoms with E-state index in [9.17, 15) is 4.79 Å². The minimum atomic E-state index is 0.449. The molecular formula is C11H16O. The van der Waals surface area contributed by atoms with Gasteiger partial charge in [-0.1, -0.05) is 0 Å². The maximum Gasteiger partial charge on any atom is 0.123 e. The molecule has 1 nitrogen and oxygen atoms in total. The molecule has 0 saturated heterocycles. The highest BCUT2D eigenvalue weighted by Crippen LogP contribution is 2.60. The van der Waals surface area contributed by atoms with E-state index in [-0.39, 0.29) is 0 Å². The van der Waals surface area contributed by atoms with Gasteiger partial charge >= 0.3 is 0 Å². The minimum absolute atomic E-state index is 0.449. The van der Waals surface area contributed by atoms with Crippen LogP contribution in [-0.2, 0) is 4.79 Å². The second-order valence-corrected chi connectivity index (χ2v) is 4.95. The Labute approximate surface area is 73.5 Å². The molecule has 0 unspecified atom stereocenters. The van der Waals surface area contributed by atoms with E-state index in [1.54, 1.807) is 0 Å². The number of hydrogen-bond donors (Lipinski definition) is 0. The number of rotatable bonds is 1. The summed E-state index contributed by atoms with van der Waals surface area (Å²) in [7, 11) is 0. The lowest BCUT2D eigenvalue weighted by Crippen LogP contribution is -2.22. The molecule has 3 aliphatic rings. The molecule has 0 aliphatic heterocycles. The number of fused-ring (bicyclic) bond motifs is 5. The molecule has 0 aromatic heterocycles. The van der Waals surface area contributed by atoms with Gasteiger partial charge < -0.3 is 4.79 Å². The van der Waals surface area contributed by atoms with Crippen LogP contribution in [0, 0.1) is 29.6 Å². The fourth-order valence-electron chi connectivity index (χ4n) is 4.29.